The van der Waals surface area contributed by atoms with Gasteiger partial charge in [-0.15, -0.1) is 0 Å². The summed E-state index contributed by atoms with van der Waals surface area (Å²) in [5, 5.41) is 2.94. The summed E-state index contributed by atoms with van der Waals surface area (Å²) in [5.41, 5.74) is 1.65. The van der Waals surface area contributed by atoms with Crippen LogP contribution >= 0.6 is 0 Å². The van der Waals surface area contributed by atoms with Crippen LogP contribution in [0.5, 0.6) is 11.5 Å². The number of benzene rings is 2. The van der Waals surface area contributed by atoms with Crippen LogP contribution in [0.15, 0.2) is 48.5 Å². The van der Waals surface area contributed by atoms with Crippen molar-refractivity contribution in [1.82, 2.24) is 5.32 Å². The van der Waals surface area contributed by atoms with Crippen molar-refractivity contribution in [1.29, 1.82) is 0 Å². The molecule has 2 aromatic rings. The van der Waals surface area contributed by atoms with Gasteiger partial charge < -0.3 is 14.8 Å². The average Bonchev–Trinajstić information content (AvgIpc) is 2.53. The lowest BCUT2D eigenvalue weighted by atomic mass is 10.1. The van der Waals surface area contributed by atoms with E-state index in [1.165, 1.54) is 0 Å². The molecule has 0 aliphatic heterocycles. The summed E-state index contributed by atoms with van der Waals surface area (Å²) in [7, 11) is 1.62. The van der Waals surface area contributed by atoms with Crippen LogP contribution < -0.4 is 14.8 Å². The quantitative estimate of drug-likeness (QED) is 0.891. The Hall–Kier alpha value is -2.49. The first-order valence-electron chi connectivity index (χ1n) is 7.23. The number of hydrogen-bond donors (Lipinski definition) is 1. The lowest BCUT2D eigenvalue weighted by Crippen LogP contribution is -2.37. The second-order valence-corrected chi connectivity index (χ2v) is 5.18. The minimum atomic E-state index is -0.0887. The zero-order valence-corrected chi connectivity index (χ0v) is 13.1. The van der Waals surface area contributed by atoms with Crippen molar-refractivity contribution in [3.63, 3.8) is 0 Å². The van der Waals surface area contributed by atoms with Crippen molar-refractivity contribution in [3.05, 3.63) is 59.7 Å². The van der Waals surface area contributed by atoms with E-state index in [1.807, 2.05) is 62.4 Å². The molecule has 0 bridgehead atoms. The standard InChI is InChI=1S/C18H21NO3/c1-13-6-4-5-7-17(13)18(20)19-14(2)12-22-16-10-8-15(21-3)9-11-16/h4-11,14H,12H2,1-3H3,(H,19,20)/t14-/m1/s1. The van der Waals surface area contributed by atoms with Crippen molar-refractivity contribution in [2.45, 2.75) is 19.9 Å². The highest BCUT2D eigenvalue weighted by atomic mass is 16.5. The Labute approximate surface area is 131 Å². The predicted molar refractivity (Wildman–Crippen MR) is 86.6 cm³/mol. The van der Waals surface area contributed by atoms with Gasteiger partial charge in [0.2, 0.25) is 0 Å². The molecule has 0 aliphatic rings. The van der Waals surface area contributed by atoms with Gasteiger partial charge in [0.1, 0.15) is 18.1 Å². The first kappa shape index (κ1) is 15.9. The van der Waals surface area contributed by atoms with Crippen LogP contribution in [0, 0.1) is 6.92 Å². The molecule has 1 N–H and O–H groups in total. The zero-order valence-electron chi connectivity index (χ0n) is 13.1. The summed E-state index contributed by atoms with van der Waals surface area (Å²) in [6.07, 6.45) is 0. The van der Waals surface area contributed by atoms with E-state index in [1.54, 1.807) is 7.11 Å². The average molecular weight is 299 g/mol. The molecule has 4 nitrogen and oxygen atoms in total. The highest BCUT2D eigenvalue weighted by Gasteiger charge is 2.12. The second kappa shape index (κ2) is 7.50. The van der Waals surface area contributed by atoms with E-state index in [9.17, 15) is 4.79 Å². The number of ether oxygens (including phenoxy) is 2. The van der Waals surface area contributed by atoms with Gasteiger partial charge in [-0.3, -0.25) is 4.79 Å². The molecule has 0 radical (unpaired) electrons. The van der Waals surface area contributed by atoms with Crippen LogP contribution in [-0.2, 0) is 0 Å². The molecule has 0 saturated heterocycles. The van der Waals surface area contributed by atoms with Gasteiger partial charge in [0.05, 0.1) is 13.2 Å². The molecule has 0 saturated carbocycles. The maximum atomic E-state index is 12.2. The molecule has 0 unspecified atom stereocenters. The largest absolute Gasteiger partial charge is 0.497 e. The molecule has 116 valence electrons. The number of aryl methyl sites for hydroxylation is 1. The maximum absolute atomic E-state index is 12.2. The van der Waals surface area contributed by atoms with Gasteiger partial charge in [0.15, 0.2) is 0 Å². The topological polar surface area (TPSA) is 47.6 Å². The first-order valence-corrected chi connectivity index (χ1v) is 7.23. The summed E-state index contributed by atoms with van der Waals surface area (Å²) in [4.78, 5) is 12.2. The number of methoxy groups -OCH3 is 1. The van der Waals surface area contributed by atoms with Gasteiger partial charge in [-0.05, 0) is 49.7 Å². The van der Waals surface area contributed by atoms with Crippen molar-refractivity contribution < 1.29 is 14.3 Å². The highest BCUT2D eigenvalue weighted by molar-refractivity contribution is 5.95. The number of carbonyl (C=O) groups is 1. The smallest absolute Gasteiger partial charge is 0.251 e. The van der Waals surface area contributed by atoms with Crippen LogP contribution in [-0.4, -0.2) is 25.7 Å². The maximum Gasteiger partial charge on any atom is 0.251 e. The third-order valence-corrected chi connectivity index (χ3v) is 3.33. The number of rotatable bonds is 6. The van der Waals surface area contributed by atoms with Crippen molar-refractivity contribution in [2.75, 3.05) is 13.7 Å². The van der Waals surface area contributed by atoms with Gasteiger partial charge in [-0.2, -0.15) is 0 Å². The van der Waals surface area contributed by atoms with E-state index in [-0.39, 0.29) is 11.9 Å². The number of carbonyl (C=O) groups excluding carboxylic acids is 1. The fraction of sp³-hybridized carbons (Fsp3) is 0.278. The molecular weight excluding hydrogens is 278 g/mol. The van der Waals surface area contributed by atoms with E-state index < -0.39 is 0 Å². The monoisotopic (exact) mass is 299 g/mol. The molecule has 0 spiro atoms. The predicted octanol–water partition coefficient (Wildman–Crippen LogP) is 3.20. The van der Waals surface area contributed by atoms with Crippen LogP contribution in [0.3, 0.4) is 0 Å². The third-order valence-electron chi connectivity index (χ3n) is 3.33. The van der Waals surface area contributed by atoms with Crippen LogP contribution in [0.2, 0.25) is 0 Å². The molecule has 1 atom stereocenters. The molecule has 0 fully saturated rings. The van der Waals surface area contributed by atoms with Crippen molar-refractivity contribution >= 4 is 5.91 Å². The Morgan fingerprint density at radius 2 is 1.73 bits per heavy atom. The van der Waals surface area contributed by atoms with E-state index in [2.05, 4.69) is 5.32 Å². The Bertz CT molecular complexity index is 622. The highest BCUT2D eigenvalue weighted by Crippen LogP contribution is 2.17. The molecule has 1 amide bonds. The minimum absolute atomic E-state index is 0.0797. The molecule has 0 heterocycles. The van der Waals surface area contributed by atoms with Crippen LogP contribution in [0.1, 0.15) is 22.8 Å². The Balaban J connectivity index is 1.86. The normalized spacial score (nSPS) is 11.6. The number of amides is 1. The summed E-state index contributed by atoms with van der Waals surface area (Å²) in [5.74, 6) is 1.45. The fourth-order valence-electron chi connectivity index (χ4n) is 2.06. The van der Waals surface area contributed by atoms with Gasteiger partial charge >= 0.3 is 0 Å². The lowest BCUT2D eigenvalue weighted by molar-refractivity contribution is 0.0926. The van der Waals surface area contributed by atoms with Crippen molar-refractivity contribution in [3.8, 4) is 11.5 Å². The first-order chi connectivity index (χ1) is 10.6. The SMILES string of the molecule is COc1ccc(OC[C@@H](C)NC(=O)c2ccccc2C)cc1. The van der Waals surface area contributed by atoms with Crippen LogP contribution in [0.4, 0.5) is 0 Å². The van der Waals surface area contributed by atoms with E-state index in [4.69, 9.17) is 9.47 Å². The fourth-order valence-corrected chi connectivity index (χ4v) is 2.06. The molecular formula is C18H21NO3. The Morgan fingerprint density at radius 1 is 1.09 bits per heavy atom. The Kier molecular flexibility index (Phi) is 5.42. The molecule has 0 aromatic heterocycles. The van der Waals surface area contributed by atoms with Gasteiger partial charge in [0.25, 0.3) is 5.91 Å². The van der Waals surface area contributed by atoms with E-state index >= 15 is 0 Å². The summed E-state index contributed by atoms with van der Waals surface area (Å²) in [6.45, 7) is 4.25. The lowest BCUT2D eigenvalue weighted by Gasteiger charge is -2.16. The minimum Gasteiger partial charge on any atom is -0.497 e. The summed E-state index contributed by atoms with van der Waals surface area (Å²) < 4.78 is 10.8. The van der Waals surface area contributed by atoms with Crippen LogP contribution in [0.25, 0.3) is 0 Å². The molecule has 0 aliphatic carbocycles. The van der Waals surface area contributed by atoms with Gasteiger partial charge in [-0.25, -0.2) is 0 Å². The molecule has 2 rings (SSSR count). The Morgan fingerprint density at radius 3 is 2.36 bits per heavy atom. The number of nitrogens with one attached hydrogen (secondary N) is 1. The summed E-state index contributed by atoms with van der Waals surface area (Å²) in [6, 6.07) is 14.8. The second-order valence-electron chi connectivity index (χ2n) is 5.18. The number of hydrogen-bond acceptors (Lipinski definition) is 3. The van der Waals surface area contributed by atoms with Gasteiger partial charge in [-0.1, -0.05) is 18.2 Å². The van der Waals surface area contributed by atoms with E-state index in [0.29, 0.717) is 12.2 Å². The summed E-state index contributed by atoms with van der Waals surface area (Å²) >= 11 is 0. The van der Waals surface area contributed by atoms with E-state index in [0.717, 1.165) is 17.1 Å². The van der Waals surface area contributed by atoms with Gasteiger partial charge in [0, 0.05) is 5.56 Å². The van der Waals surface area contributed by atoms with Crippen molar-refractivity contribution in [2.24, 2.45) is 0 Å². The molecule has 2 aromatic carbocycles. The molecule has 22 heavy (non-hydrogen) atoms. The third kappa shape index (κ3) is 4.25. The zero-order chi connectivity index (χ0) is 15.9. The molecule has 4 heteroatoms.